The van der Waals surface area contributed by atoms with Gasteiger partial charge in [-0.1, -0.05) is 19.9 Å². The van der Waals surface area contributed by atoms with E-state index in [1.807, 2.05) is 47.3 Å². The summed E-state index contributed by atoms with van der Waals surface area (Å²) in [4.78, 5) is 15.2. The smallest absolute Gasteiger partial charge is 0.271 e. The molecular formula is C28H34N4O2. The molecule has 0 fully saturated rings. The third-order valence-corrected chi connectivity index (χ3v) is 6.57. The minimum Gasteiger partial charge on any atom is -0.496 e. The number of carbonyl (C=O) groups excluding carboxylic acids is 1. The Morgan fingerprint density at radius 2 is 1.97 bits per heavy atom. The Bertz CT molecular complexity index is 1180. The number of amides is 1. The summed E-state index contributed by atoms with van der Waals surface area (Å²) in [5.74, 6) is 0.908. The van der Waals surface area contributed by atoms with E-state index in [1.54, 1.807) is 19.4 Å². The maximum Gasteiger partial charge on any atom is 0.271 e. The predicted molar refractivity (Wildman–Crippen MR) is 139 cm³/mol. The van der Waals surface area contributed by atoms with Crippen LogP contribution in [0.2, 0.25) is 0 Å². The number of benzene rings is 2. The lowest BCUT2D eigenvalue weighted by atomic mass is 9.79. The molecule has 1 aliphatic rings. The molecule has 6 heteroatoms. The van der Waals surface area contributed by atoms with E-state index in [4.69, 9.17) is 4.74 Å². The molecular weight excluding hydrogens is 424 g/mol. The monoisotopic (exact) mass is 458 g/mol. The first-order valence-electron chi connectivity index (χ1n) is 11.9. The van der Waals surface area contributed by atoms with Gasteiger partial charge in [0.2, 0.25) is 0 Å². The average molecular weight is 459 g/mol. The van der Waals surface area contributed by atoms with Crippen molar-refractivity contribution in [1.82, 2.24) is 9.99 Å². The molecule has 3 aromatic rings. The van der Waals surface area contributed by atoms with Crippen molar-refractivity contribution < 1.29 is 9.53 Å². The van der Waals surface area contributed by atoms with Crippen LogP contribution in [0.15, 0.2) is 66.0 Å². The molecule has 1 atom stereocenters. The fourth-order valence-corrected chi connectivity index (χ4v) is 4.99. The first-order chi connectivity index (χ1) is 16.3. The van der Waals surface area contributed by atoms with Crippen molar-refractivity contribution in [2.45, 2.75) is 52.0 Å². The van der Waals surface area contributed by atoms with Crippen LogP contribution in [0.5, 0.6) is 5.75 Å². The molecule has 1 amide bonds. The molecule has 2 aromatic carbocycles. The second-order valence-electron chi connectivity index (χ2n) is 9.56. The Morgan fingerprint density at radius 3 is 2.68 bits per heavy atom. The van der Waals surface area contributed by atoms with Gasteiger partial charge < -0.3 is 14.2 Å². The summed E-state index contributed by atoms with van der Waals surface area (Å²) in [6, 6.07) is 15.6. The molecule has 1 aliphatic heterocycles. The fraction of sp³-hybridized carbons (Fsp3) is 0.357. The van der Waals surface area contributed by atoms with Gasteiger partial charge in [-0.25, -0.2) is 5.43 Å². The number of ether oxygens (including phenoxy) is 1. The van der Waals surface area contributed by atoms with Crippen LogP contribution in [0.1, 0.15) is 67.9 Å². The number of methoxy groups -OCH3 is 1. The van der Waals surface area contributed by atoms with Crippen LogP contribution >= 0.6 is 0 Å². The molecule has 0 saturated heterocycles. The van der Waals surface area contributed by atoms with E-state index in [0.717, 1.165) is 36.4 Å². The number of hydrazone groups is 1. The number of rotatable bonds is 7. The summed E-state index contributed by atoms with van der Waals surface area (Å²) in [6.45, 7) is 10.1. The average Bonchev–Trinajstić information content (AvgIpc) is 3.36. The maximum absolute atomic E-state index is 12.7. The number of nitrogens with zero attached hydrogens (tertiary/aromatic N) is 3. The molecule has 0 aliphatic carbocycles. The first-order valence-corrected chi connectivity index (χ1v) is 11.9. The molecule has 0 spiro atoms. The van der Waals surface area contributed by atoms with Gasteiger partial charge in [0, 0.05) is 53.0 Å². The molecule has 1 unspecified atom stereocenters. The Kier molecular flexibility index (Phi) is 6.77. The third-order valence-electron chi connectivity index (χ3n) is 6.57. The molecule has 178 valence electrons. The Labute approximate surface area is 202 Å². The van der Waals surface area contributed by atoms with E-state index < -0.39 is 0 Å². The summed E-state index contributed by atoms with van der Waals surface area (Å²) in [5.41, 5.74) is 7.59. The van der Waals surface area contributed by atoms with Gasteiger partial charge in [-0.3, -0.25) is 4.79 Å². The molecule has 0 radical (unpaired) electrons. The van der Waals surface area contributed by atoms with Crippen LogP contribution in [-0.2, 0) is 0 Å². The molecule has 1 aromatic heterocycles. The van der Waals surface area contributed by atoms with E-state index in [0.29, 0.717) is 11.5 Å². The quantitative estimate of drug-likeness (QED) is 0.362. The SMILES string of the molecule is CCCN1c2cc(OC)c(/C=N/NC(=O)c3cccc(-n4cccc4)c3)cc2C(C)CC1(C)C. The van der Waals surface area contributed by atoms with Crippen LogP contribution in [0.3, 0.4) is 0 Å². The van der Waals surface area contributed by atoms with Gasteiger partial charge in [0.25, 0.3) is 5.91 Å². The lowest BCUT2D eigenvalue weighted by molar-refractivity contribution is 0.0955. The fourth-order valence-electron chi connectivity index (χ4n) is 4.99. The summed E-state index contributed by atoms with van der Waals surface area (Å²) in [5, 5.41) is 4.25. The number of nitrogens with one attached hydrogen (secondary N) is 1. The van der Waals surface area contributed by atoms with E-state index >= 15 is 0 Å². The van der Waals surface area contributed by atoms with Crippen molar-refractivity contribution in [1.29, 1.82) is 0 Å². The number of aromatic nitrogens is 1. The lowest BCUT2D eigenvalue weighted by Gasteiger charge is -2.47. The molecule has 34 heavy (non-hydrogen) atoms. The van der Waals surface area contributed by atoms with Crippen LogP contribution in [0, 0.1) is 0 Å². The number of anilines is 1. The second kappa shape index (κ2) is 9.75. The number of fused-ring (bicyclic) bond motifs is 1. The zero-order valence-corrected chi connectivity index (χ0v) is 20.7. The van der Waals surface area contributed by atoms with Crippen LogP contribution < -0.4 is 15.1 Å². The van der Waals surface area contributed by atoms with E-state index in [9.17, 15) is 4.79 Å². The van der Waals surface area contributed by atoms with Gasteiger partial charge in [0.1, 0.15) is 5.75 Å². The van der Waals surface area contributed by atoms with Gasteiger partial charge in [0.15, 0.2) is 0 Å². The van der Waals surface area contributed by atoms with Crippen LogP contribution in [-0.4, -0.2) is 35.9 Å². The van der Waals surface area contributed by atoms with E-state index in [-0.39, 0.29) is 11.4 Å². The zero-order chi connectivity index (χ0) is 24.3. The van der Waals surface area contributed by atoms with Crippen molar-refractivity contribution in [2.75, 3.05) is 18.6 Å². The van der Waals surface area contributed by atoms with Gasteiger partial charge in [-0.2, -0.15) is 5.10 Å². The first kappa shape index (κ1) is 23.6. The highest BCUT2D eigenvalue weighted by Gasteiger charge is 2.36. The number of hydrogen-bond acceptors (Lipinski definition) is 4. The number of hydrogen-bond donors (Lipinski definition) is 1. The van der Waals surface area contributed by atoms with E-state index in [1.165, 1.54) is 11.3 Å². The summed E-state index contributed by atoms with van der Waals surface area (Å²) < 4.78 is 7.67. The zero-order valence-electron chi connectivity index (χ0n) is 20.7. The maximum atomic E-state index is 12.7. The Morgan fingerprint density at radius 1 is 1.21 bits per heavy atom. The molecule has 6 nitrogen and oxygen atoms in total. The van der Waals surface area contributed by atoms with E-state index in [2.05, 4.69) is 55.3 Å². The highest BCUT2D eigenvalue weighted by atomic mass is 16.5. The minimum atomic E-state index is -0.258. The predicted octanol–water partition coefficient (Wildman–Crippen LogP) is 5.75. The van der Waals surface area contributed by atoms with Crippen LogP contribution in [0.25, 0.3) is 5.69 Å². The van der Waals surface area contributed by atoms with Gasteiger partial charge in [-0.15, -0.1) is 0 Å². The third kappa shape index (κ3) is 4.72. The van der Waals surface area contributed by atoms with Crippen molar-refractivity contribution in [3.05, 3.63) is 77.6 Å². The highest BCUT2D eigenvalue weighted by molar-refractivity contribution is 5.95. The normalized spacial score (nSPS) is 17.0. The summed E-state index contributed by atoms with van der Waals surface area (Å²) in [6.07, 6.45) is 7.73. The molecule has 4 rings (SSSR count). The second-order valence-corrected chi connectivity index (χ2v) is 9.56. The van der Waals surface area contributed by atoms with Crippen molar-refractivity contribution in [3.8, 4) is 11.4 Å². The molecule has 1 N–H and O–H groups in total. The topological polar surface area (TPSA) is 58.9 Å². The van der Waals surface area contributed by atoms with Crippen molar-refractivity contribution >= 4 is 17.8 Å². The summed E-state index contributed by atoms with van der Waals surface area (Å²) in [7, 11) is 1.67. The lowest BCUT2D eigenvalue weighted by Crippen LogP contribution is -2.48. The highest BCUT2D eigenvalue weighted by Crippen LogP contribution is 2.45. The molecule has 0 saturated carbocycles. The minimum absolute atomic E-state index is 0.0895. The molecule has 2 heterocycles. The van der Waals surface area contributed by atoms with Gasteiger partial charge in [-0.05, 0) is 74.6 Å². The standard InChI is InChI=1S/C28H34N4O2/c1-6-12-32-25-17-26(34-5)22(16-24(25)20(2)18-28(32,3)4)19-29-30-27(33)21-10-9-11-23(15-21)31-13-7-8-14-31/h7-11,13-17,19-20H,6,12,18H2,1-5H3,(H,30,33)/b29-19+. The van der Waals surface area contributed by atoms with Gasteiger partial charge in [0.05, 0.1) is 13.3 Å². The van der Waals surface area contributed by atoms with Crippen molar-refractivity contribution in [3.63, 3.8) is 0 Å². The van der Waals surface area contributed by atoms with Crippen molar-refractivity contribution in [2.24, 2.45) is 5.10 Å². The molecule has 0 bridgehead atoms. The Balaban J connectivity index is 1.56. The number of carbonyl (C=O) groups is 1. The van der Waals surface area contributed by atoms with Crippen LogP contribution in [0.4, 0.5) is 5.69 Å². The Hall–Kier alpha value is -3.54. The largest absolute Gasteiger partial charge is 0.496 e. The van der Waals surface area contributed by atoms with Gasteiger partial charge >= 0.3 is 0 Å². The summed E-state index contributed by atoms with van der Waals surface area (Å²) >= 11 is 0.